The lowest BCUT2D eigenvalue weighted by atomic mass is 10.0. The summed E-state index contributed by atoms with van der Waals surface area (Å²) in [6.45, 7) is 4.54. The van der Waals surface area contributed by atoms with Crippen molar-refractivity contribution in [2.45, 2.75) is 38.2 Å². The van der Waals surface area contributed by atoms with E-state index >= 15 is 0 Å². The van der Waals surface area contributed by atoms with Crippen LogP contribution in [0.15, 0.2) is 30.3 Å². The predicted molar refractivity (Wildman–Crippen MR) is 92.5 cm³/mol. The molecular formula is C19H28N2O3. The second kappa shape index (κ2) is 9.16. The maximum atomic E-state index is 12.4. The first-order valence-electron chi connectivity index (χ1n) is 9.12. The number of hydrogen-bond donors (Lipinski definition) is 0. The van der Waals surface area contributed by atoms with E-state index in [9.17, 15) is 4.79 Å². The lowest BCUT2D eigenvalue weighted by molar-refractivity contribution is -0.145. The van der Waals surface area contributed by atoms with E-state index in [2.05, 4.69) is 24.3 Å². The van der Waals surface area contributed by atoms with Gasteiger partial charge in [0.05, 0.1) is 19.3 Å². The predicted octanol–water partition coefficient (Wildman–Crippen LogP) is 2.26. The highest BCUT2D eigenvalue weighted by Gasteiger charge is 2.24. The van der Waals surface area contributed by atoms with Crippen molar-refractivity contribution >= 4 is 5.91 Å². The Kier molecular flexibility index (Phi) is 6.64. The van der Waals surface area contributed by atoms with Crippen LogP contribution in [-0.2, 0) is 20.8 Å². The molecule has 1 aromatic rings. The Bertz CT molecular complexity index is 503. The number of carbonyl (C=O) groups is 1. The Labute approximate surface area is 144 Å². The highest BCUT2D eigenvalue weighted by atomic mass is 16.7. The molecule has 0 spiro atoms. The van der Waals surface area contributed by atoms with Gasteiger partial charge in [-0.05, 0) is 31.2 Å². The van der Waals surface area contributed by atoms with Crippen LogP contribution < -0.4 is 0 Å². The summed E-state index contributed by atoms with van der Waals surface area (Å²) in [7, 11) is 0. The van der Waals surface area contributed by atoms with Crippen LogP contribution in [0.1, 0.15) is 31.2 Å². The highest BCUT2D eigenvalue weighted by molar-refractivity contribution is 5.76. The fourth-order valence-electron chi connectivity index (χ4n) is 3.35. The van der Waals surface area contributed by atoms with Crippen molar-refractivity contribution in [1.29, 1.82) is 0 Å². The van der Waals surface area contributed by atoms with Crippen molar-refractivity contribution < 1.29 is 14.4 Å². The minimum absolute atomic E-state index is 0.175. The van der Waals surface area contributed by atoms with Crippen LogP contribution in [0.4, 0.5) is 0 Å². The highest BCUT2D eigenvalue weighted by Crippen LogP contribution is 2.14. The molecule has 0 saturated carbocycles. The molecule has 24 heavy (non-hydrogen) atoms. The number of rotatable bonds is 7. The van der Waals surface area contributed by atoms with Crippen molar-refractivity contribution in [2.24, 2.45) is 0 Å². The van der Waals surface area contributed by atoms with Crippen LogP contribution in [0, 0.1) is 0 Å². The summed E-state index contributed by atoms with van der Waals surface area (Å²) >= 11 is 0. The van der Waals surface area contributed by atoms with E-state index in [4.69, 9.17) is 9.57 Å². The average molecular weight is 332 g/mol. The average Bonchev–Trinajstić information content (AvgIpc) is 3.14. The molecule has 5 heteroatoms. The van der Waals surface area contributed by atoms with Gasteiger partial charge < -0.3 is 9.64 Å². The number of morpholine rings is 1. The number of ether oxygens (including phenoxy) is 1. The van der Waals surface area contributed by atoms with Crippen molar-refractivity contribution in [3.05, 3.63) is 35.9 Å². The number of carbonyl (C=O) groups excluding carboxylic acids is 1. The first kappa shape index (κ1) is 17.4. The molecule has 3 rings (SSSR count). The summed E-state index contributed by atoms with van der Waals surface area (Å²) in [5, 5.41) is 1.91. The molecule has 2 saturated heterocycles. The van der Waals surface area contributed by atoms with Crippen LogP contribution in [0.25, 0.3) is 0 Å². The summed E-state index contributed by atoms with van der Waals surface area (Å²) in [5.41, 5.74) is 1.37. The molecule has 0 bridgehead atoms. The van der Waals surface area contributed by atoms with E-state index in [1.54, 1.807) is 0 Å². The van der Waals surface area contributed by atoms with E-state index in [1.165, 1.54) is 5.56 Å². The molecule has 0 N–H and O–H groups in total. The molecule has 2 fully saturated rings. The van der Waals surface area contributed by atoms with E-state index in [0.29, 0.717) is 19.6 Å². The minimum Gasteiger partial charge on any atom is -0.375 e. The Morgan fingerprint density at radius 2 is 2.04 bits per heavy atom. The van der Waals surface area contributed by atoms with Crippen LogP contribution >= 0.6 is 0 Å². The third-order valence-corrected chi connectivity index (χ3v) is 4.73. The van der Waals surface area contributed by atoms with E-state index in [-0.39, 0.29) is 12.0 Å². The van der Waals surface area contributed by atoms with Gasteiger partial charge in [-0.15, -0.1) is 0 Å². The standard InChI is InChI=1S/C19H28N2O3/c22-19(10-12-21-11-5-14-24-21)20-13-15-23-18(16-20)9-4-8-17-6-2-1-3-7-17/h1-3,6-7,18H,4-5,8-16H2. The quantitative estimate of drug-likeness (QED) is 0.768. The first-order chi connectivity index (χ1) is 11.8. The van der Waals surface area contributed by atoms with E-state index < -0.39 is 0 Å². The molecule has 2 heterocycles. The largest absolute Gasteiger partial charge is 0.375 e. The Morgan fingerprint density at radius 1 is 1.17 bits per heavy atom. The van der Waals surface area contributed by atoms with Crippen molar-refractivity contribution in [3.63, 3.8) is 0 Å². The zero-order chi connectivity index (χ0) is 16.6. The Morgan fingerprint density at radius 3 is 2.83 bits per heavy atom. The van der Waals surface area contributed by atoms with Gasteiger partial charge in [0, 0.05) is 32.6 Å². The van der Waals surface area contributed by atoms with Crippen LogP contribution in [0.3, 0.4) is 0 Å². The van der Waals surface area contributed by atoms with E-state index in [1.807, 2.05) is 16.0 Å². The third kappa shape index (κ3) is 5.30. The van der Waals surface area contributed by atoms with Gasteiger partial charge in [0.1, 0.15) is 0 Å². The molecule has 2 aliphatic heterocycles. The second-order valence-electron chi connectivity index (χ2n) is 6.58. The molecular weight excluding hydrogens is 304 g/mol. The molecule has 1 aromatic carbocycles. The van der Waals surface area contributed by atoms with Crippen molar-refractivity contribution in [1.82, 2.24) is 9.96 Å². The lowest BCUT2D eigenvalue weighted by Crippen LogP contribution is -2.46. The minimum atomic E-state index is 0.175. The topological polar surface area (TPSA) is 42.0 Å². The zero-order valence-corrected chi connectivity index (χ0v) is 14.4. The molecule has 5 nitrogen and oxygen atoms in total. The molecule has 2 aliphatic rings. The molecule has 132 valence electrons. The number of benzene rings is 1. The summed E-state index contributed by atoms with van der Waals surface area (Å²) in [6.07, 6.45) is 4.95. The molecule has 1 unspecified atom stereocenters. The monoisotopic (exact) mass is 332 g/mol. The van der Waals surface area contributed by atoms with Gasteiger partial charge in [0.2, 0.25) is 5.91 Å². The van der Waals surface area contributed by atoms with Gasteiger partial charge in [-0.2, -0.15) is 5.06 Å². The van der Waals surface area contributed by atoms with Crippen molar-refractivity contribution in [3.8, 4) is 0 Å². The summed E-state index contributed by atoms with van der Waals surface area (Å²) < 4.78 is 5.85. The van der Waals surface area contributed by atoms with Gasteiger partial charge in [-0.3, -0.25) is 9.63 Å². The number of hydroxylamine groups is 2. The fraction of sp³-hybridized carbons (Fsp3) is 0.632. The summed E-state index contributed by atoms with van der Waals surface area (Å²) in [6, 6.07) is 10.5. The third-order valence-electron chi connectivity index (χ3n) is 4.73. The second-order valence-corrected chi connectivity index (χ2v) is 6.58. The normalized spacial score (nSPS) is 22.0. The summed E-state index contributed by atoms with van der Waals surface area (Å²) in [5.74, 6) is 0.224. The number of amides is 1. The zero-order valence-electron chi connectivity index (χ0n) is 14.4. The SMILES string of the molecule is O=C(CCN1CCCO1)N1CCOC(CCCc2ccccc2)C1. The Balaban J connectivity index is 1.36. The fourth-order valence-corrected chi connectivity index (χ4v) is 3.35. The smallest absolute Gasteiger partial charge is 0.224 e. The molecule has 1 amide bonds. The van der Waals surface area contributed by atoms with Gasteiger partial charge >= 0.3 is 0 Å². The maximum absolute atomic E-state index is 12.4. The maximum Gasteiger partial charge on any atom is 0.224 e. The van der Waals surface area contributed by atoms with Crippen LogP contribution in [0.5, 0.6) is 0 Å². The number of hydrogen-bond acceptors (Lipinski definition) is 4. The van der Waals surface area contributed by atoms with Gasteiger partial charge in [-0.25, -0.2) is 0 Å². The van der Waals surface area contributed by atoms with Gasteiger partial charge in [-0.1, -0.05) is 30.3 Å². The summed E-state index contributed by atoms with van der Waals surface area (Å²) in [4.78, 5) is 19.8. The number of aryl methyl sites for hydroxylation is 1. The molecule has 0 radical (unpaired) electrons. The van der Waals surface area contributed by atoms with E-state index in [0.717, 1.165) is 51.9 Å². The molecule has 1 atom stereocenters. The Hall–Kier alpha value is -1.43. The van der Waals surface area contributed by atoms with Gasteiger partial charge in [0.15, 0.2) is 0 Å². The van der Waals surface area contributed by atoms with Crippen LogP contribution in [-0.4, -0.2) is 61.4 Å². The van der Waals surface area contributed by atoms with Crippen LogP contribution in [0.2, 0.25) is 0 Å². The van der Waals surface area contributed by atoms with Crippen molar-refractivity contribution in [2.75, 3.05) is 39.4 Å². The first-order valence-corrected chi connectivity index (χ1v) is 9.12. The molecule has 0 aromatic heterocycles. The number of nitrogens with zero attached hydrogens (tertiary/aromatic N) is 2. The molecule has 0 aliphatic carbocycles. The lowest BCUT2D eigenvalue weighted by Gasteiger charge is -2.33. The van der Waals surface area contributed by atoms with Gasteiger partial charge in [0.25, 0.3) is 0 Å².